The highest BCUT2D eigenvalue weighted by Gasteiger charge is 2.19. The Balaban J connectivity index is 1.38. The van der Waals surface area contributed by atoms with Crippen LogP contribution in [0.15, 0.2) is 27.7 Å². The Hall–Kier alpha value is -2.40. The molecule has 7 nitrogen and oxygen atoms in total. The summed E-state index contributed by atoms with van der Waals surface area (Å²) in [4.78, 5) is 18.8. The number of nitrogens with zero attached hydrogens (tertiary/aromatic N) is 5. The van der Waals surface area contributed by atoms with Gasteiger partial charge in [0.15, 0.2) is 0 Å². The zero-order valence-electron chi connectivity index (χ0n) is 18.7. The molecule has 0 saturated carbocycles. The van der Waals surface area contributed by atoms with Crippen LogP contribution in [0, 0.1) is 26.6 Å². The maximum Gasteiger partial charge on any atom is 0.237 e. The van der Waals surface area contributed by atoms with Crippen molar-refractivity contribution in [3.8, 4) is 11.4 Å². The van der Waals surface area contributed by atoms with Crippen molar-refractivity contribution in [2.24, 2.45) is 0 Å². The van der Waals surface area contributed by atoms with Gasteiger partial charge in [-0.3, -0.25) is 4.90 Å². The number of morpholine rings is 1. The first kappa shape index (κ1) is 22.4. The molecule has 1 aromatic carbocycles. The molecule has 4 heterocycles. The highest BCUT2D eigenvalue weighted by Crippen LogP contribution is 2.36. The molecule has 33 heavy (non-hydrogen) atoms. The highest BCUT2D eigenvalue weighted by atomic mass is 32.2. The van der Waals surface area contributed by atoms with E-state index in [0.29, 0.717) is 35.1 Å². The number of ether oxygens (including phenoxy) is 1. The molecule has 5 rings (SSSR count). The van der Waals surface area contributed by atoms with Crippen molar-refractivity contribution < 1.29 is 13.7 Å². The van der Waals surface area contributed by atoms with Crippen molar-refractivity contribution in [3.05, 3.63) is 51.7 Å². The summed E-state index contributed by atoms with van der Waals surface area (Å²) in [5.41, 5.74) is 2.39. The van der Waals surface area contributed by atoms with E-state index in [9.17, 15) is 4.39 Å². The summed E-state index contributed by atoms with van der Waals surface area (Å²) in [6, 6.07) is 4.94. The molecule has 0 aliphatic carbocycles. The second kappa shape index (κ2) is 9.46. The summed E-state index contributed by atoms with van der Waals surface area (Å²) >= 11 is 3.26. The van der Waals surface area contributed by atoms with Gasteiger partial charge in [0.05, 0.1) is 25.5 Å². The van der Waals surface area contributed by atoms with Gasteiger partial charge in [0.25, 0.3) is 0 Å². The number of thioether (sulfide) groups is 1. The summed E-state index contributed by atoms with van der Waals surface area (Å²) in [6.45, 7) is 9.90. The molecule has 1 aliphatic rings. The van der Waals surface area contributed by atoms with Gasteiger partial charge in [-0.05, 0) is 38.0 Å². The van der Waals surface area contributed by atoms with E-state index < -0.39 is 0 Å². The number of halogens is 1. The van der Waals surface area contributed by atoms with E-state index in [1.807, 2.05) is 0 Å². The maximum atomic E-state index is 13.9. The van der Waals surface area contributed by atoms with Crippen molar-refractivity contribution >= 4 is 33.3 Å². The monoisotopic (exact) mass is 485 g/mol. The molecular weight excluding hydrogens is 461 g/mol. The molecule has 1 saturated heterocycles. The average Bonchev–Trinajstić information content (AvgIpc) is 3.39. The largest absolute Gasteiger partial charge is 0.379 e. The number of hydrogen-bond acceptors (Lipinski definition) is 9. The fourth-order valence-corrected chi connectivity index (χ4v) is 5.74. The SMILES string of the molecule is Cc1ccc(-c2noc(CSc3nc(CN4CCOCC4)nc4sc(C)c(C)c34)n2)cc1F. The van der Waals surface area contributed by atoms with Crippen LogP contribution in [0.25, 0.3) is 21.6 Å². The zero-order valence-corrected chi connectivity index (χ0v) is 20.4. The van der Waals surface area contributed by atoms with Crippen LogP contribution >= 0.6 is 23.1 Å². The molecule has 172 valence electrons. The van der Waals surface area contributed by atoms with Gasteiger partial charge in [-0.1, -0.05) is 29.1 Å². The van der Waals surface area contributed by atoms with E-state index in [0.717, 1.165) is 47.4 Å². The summed E-state index contributed by atoms with van der Waals surface area (Å²) in [5, 5.41) is 6.05. The Kier molecular flexibility index (Phi) is 6.42. The second-order valence-corrected chi connectivity index (χ2v) is 10.2. The Labute approximate surface area is 199 Å². The van der Waals surface area contributed by atoms with Crippen molar-refractivity contribution in [3.63, 3.8) is 0 Å². The number of rotatable bonds is 6. The smallest absolute Gasteiger partial charge is 0.237 e. The van der Waals surface area contributed by atoms with Crippen molar-refractivity contribution in [2.45, 2.75) is 38.1 Å². The molecule has 0 amide bonds. The van der Waals surface area contributed by atoms with E-state index in [1.165, 1.54) is 16.5 Å². The molecule has 0 bridgehead atoms. The number of thiophene rings is 1. The molecule has 1 aliphatic heterocycles. The molecular formula is C23H24FN5O2S2. The molecule has 0 atom stereocenters. The van der Waals surface area contributed by atoms with Crippen LogP contribution in [-0.4, -0.2) is 51.3 Å². The number of aromatic nitrogens is 4. The zero-order chi connectivity index (χ0) is 22.9. The normalized spacial score (nSPS) is 14.9. The van der Waals surface area contributed by atoms with Crippen LogP contribution in [0.4, 0.5) is 4.39 Å². The maximum absolute atomic E-state index is 13.9. The third-order valence-corrected chi connectivity index (χ3v) is 7.80. The quantitative estimate of drug-likeness (QED) is 0.281. The molecule has 0 spiro atoms. The molecule has 0 radical (unpaired) electrons. The highest BCUT2D eigenvalue weighted by molar-refractivity contribution is 7.98. The lowest BCUT2D eigenvalue weighted by atomic mass is 10.1. The summed E-state index contributed by atoms with van der Waals surface area (Å²) in [5.74, 6) is 1.86. The van der Waals surface area contributed by atoms with Crippen LogP contribution in [0.2, 0.25) is 0 Å². The third-order valence-electron chi connectivity index (χ3n) is 5.74. The topological polar surface area (TPSA) is 77.2 Å². The van der Waals surface area contributed by atoms with Gasteiger partial charge in [0.1, 0.15) is 21.5 Å². The van der Waals surface area contributed by atoms with E-state index in [2.05, 4.69) is 28.9 Å². The standard InChI is InChI=1S/C23H24FN5O2S2/c1-13-4-5-16(10-17(13)24)21-27-19(31-28-21)12-32-22-20-14(2)15(3)33-23(20)26-18(25-22)11-29-6-8-30-9-7-29/h4-5,10H,6-9,11-12H2,1-3H3. The summed E-state index contributed by atoms with van der Waals surface area (Å²) < 4.78 is 24.8. The molecule has 3 aromatic heterocycles. The fourth-order valence-electron chi connectivity index (χ4n) is 3.68. The van der Waals surface area contributed by atoms with Crippen LogP contribution in [-0.2, 0) is 17.0 Å². The predicted molar refractivity (Wildman–Crippen MR) is 127 cm³/mol. The van der Waals surface area contributed by atoms with E-state index in [4.69, 9.17) is 19.2 Å². The van der Waals surface area contributed by atoms with E-state index >= 15 is 0 Å². The van der Waals surface area contributed by atoms with Crippen LogP contribution in [0.3, 0.4) is 0 Å². The Morgan fingerprint density at radius 2 is 1.94 bits per heavy atom. The van der Waals surface area contributed by atoms with Crippen LogP contribution in [0.1, 0.15) is 27.7 Å². The first-order chi connectivity index (χ1) is 16.0. The molecule has 4 aromatic rings. The van der Waals surface area contributed by atoms with Crippen LogP contribution < -0.4 is 0 Å². The molecule has 0 unspecified atom stereocenters. The molecule has 1 fully saturated rings. The van der Waals surface area contributed by atoms with Gasteiger partial charge in [0, 0.05) is 28.9 Å². The lowest BCUT2D eigenvalue weighted by Crippen LogP contribution is -2.36. The van der Waals surface area contributed by atoms with E-state index in [-0.39, 0.29) is 5.82 Å². The number of fused-ring (bicyclic) bond motifs is 1. The Bertz CT molecular complexity index is 1300. The van der Waals surface area contributed by atoms with Gasteiger partial charge in [0.2, 0.25) is 11.7 Å². The molecule has 10 heteroatoms. The minimum Gasteiger partial charge on any atom is -0.379 e. The summed E-state index contributed by atoms with van der Waals surface area (Å²) in [6.07, 6.45) is 0. The van der Waals surface area contributed by atoms with Gasteiger partial charge in [-0.15, -0.1) is 11.3 Å². The molecule has 0 N–H and O–H groups in total. The fraction of sp³-hybridized carbons (Fsp3) is 0.391. The van der Waals surface area contributed by atoms with Gasteiger partial charge in [-0.25, -0.2) is 14.4 Å². The Morgan fingerprint density at radius 1 is 1.12 bits per heavy atom. The minimum absolute atomic E-state index is 0.285. The predicted octanol–water partition coefficient (Wildman–Crippen LogP) is 4.93. The lowest BCUT2D eigenvalue weighted by molar-refractivity contribution is 0.0330. The third kappa shape index (κ3) is 4.79. The lowest BCUT2D eigenvalue weighted by Gasteiger charge is -2.25. The number of hydrogen-bond donors (Lipinski definition) is 0. The van der Waals surface area contributed by atoms with Crippen molar-refractivity contribution in [2.75, 3.05) is 26.3 Å². The van der Waals surface area contributed by atoms with Crippen molar-refractivity contribution in [1.82, 2.24) is 25.0 Å². The van der Waals surface area contributed by atoms with Gasteiger partial charge < -0.3 is 9.26 Å². The first-order valence-electron chi connectivity index (χ1n) is 10.8. The second-order valence-electron chi connectivity index (χ2n) is 8.06. The first-order valence-corrected chi connectivity index (χ1v) is 12.6. The summed E-state index contributed by atoms with van der Waals surface area (Å²) in [7, 11) is 0. The van der Waals surface area contributed by atoms with Crippen molar-refractivity contribution in [1.29, 1.82) is 0 Å². The number of aryl methyl sites for hydroxylation is 3. The number of benzene rings is 1. The van der Waals surface area contributed by atoms with E-state index in [1.54, 1.807) is 42.2 Å². The average molecular weight is 486 g/mol. The van der Waals surface area contributed by atoms with Gasteiger partial charge in [-0.2, -0.15) is 4.98 Å². The minimum atomic E-state index is -0.285. The van der Waals surface area contributed by atoms with Crippen LogP contribution in [0.5, 0.6) is 0 Å². The van der Waals surface area contributed by atoms with Gasteiger partial charge >= 0.3 is 0 Å². The Morgan fingerprint density at radius 3 is 2.73 bits per heavy atom.